The Morgan fingerprint density at radius 2 is 1.94 bits per heavy atom. The van der Waals surface area contributed by atoms with Gasteiger partial charge in [-0.15, -0.1) is 0 Å². The van der Waals surface area contributed by atoms with Gasteiger partial charge in [0.2, 0.25) is 5.09 Å². The molecular weight excluding hydrogens is 259 g/mol. The lowest BCUT2D eigenvalue weighted by molar-refractivity contribution is 0.419. The van der Waals surface area contributed by atoms with E-state index in [2.05, 4.69) is 5.32 Å². The van der Waals surface area contributed by atoms with E-state index in [1.807, 2.05) is 0 Å². The molecular formula is C11H11FN2O3S. The summed E-state index contributed by atoms with van der Waals surface area (Å²) in [6, 6.07) is 8.87. The Labute approximate surface area is 103 Å². The summed E-state index contributed by atoms with van der Waals surface area (Å²) >= 11 is 0. The second kappa shape index (κ2) is 4.79. The molecule has 0 spiro atoms. The number of benzene rings is 1. The first-order valence-electron chi connectivity index (χ1n) is 5.07. The summed E-state index contributed by atoms with van der Waals surface area (Å²) in [5, 5.41) is 7.38. The zero-order valence-electron chi connectivity index (χ0n) is 9.26. The number of nitrogens with two attached hydrogens (primary N) is 1. The van der Waals surface area contributed by atoms with Crippen LogP contribution in [-0.4, -0.2) is 8.42 Å². The highest BCUT2D eigenvalue weighted by Gasteiger charge is 2.13. The van der Waals surface area contributed by atoms with E-state index in [1.165, 1.54) is 18.2 Å². The van der Waals surface area contributed by atoms with E-state index in [9.17, 15) is 12.8 Å². The second-order valence-corrected chi connectivity index (χ2v) is 5.09. The fourth-order valence-electron chi connectivity index (χ4n) is 1.39. The van der Waals surface area contributed by atoms with Gasteiger partial charge in [0, 0.05) is 0 Å². The van der Waals surface area contributed by atoms with E-state index < -0.39 is 15.8 Å². The normalized spacial score (nSPS) is 11.4. The Bertz CT molecular complexity index is 652. The Morgan fingerprint density at radius 3 is 2.56 bits per heavy atom. The number of primary sulfonamides is 1. The minimum atomic E-state index is -3.84. The van der Waals surface area contributed by atoms with Crippen molar-refractivity contribution in [3.05, 3.63) is 48.0 Å². The molecule has 0 aliphatic rings. The maximum Gasteiger partial charge on any atom is 0.271 e. The molecule has 1 aromatic carbocycles. The Kier molecular flexibility index (Phi) is 3.35. The molecule has 7 heteroatoms. The van der Waals surface area contributed by atoms with Gasteiger partial charge in [-0.25, -0.2) is 17.9 Å². The summed E-state index contributed by atoms with van der Waals surface area (Å²) in [5.74, 6) is -0.0435. The van der Waals surface area contributed by atoms with Crippen LogP contribution in [0.25, 0.3) is 0 Å². The molecule has 18 heavy (non-hydrogen) atoms. The van der Waals surface area contributed by atoms with Gasteiger partial charge < -0.3 is 9.73 Å². The number of nitrogens with one attached hydrogen (secondary N) is 1. The largest absolute Gasteiger partial charge is 0.446 e. The molecule has 3 N–H and O–H groups in total. The predicted octanol–water partition coefficient (Wildman–Crippen LogP) is 1.68. The third-order valence-corrected chi connectivity index (χ3v) is 3.02. The van der Waals surface area contributed by atoms with Gasteiger partial charge in [-0.05, 0) is 24.3 Å². The van der Waals surface area contributed by atoms with Gasteiger partial charge in [0.1, 0.15) is 11.6 Å². The summed E-state index contributed by atoms with van der Waals surface area (Å²) < 4.78 is 40.2. The first kappa shape index (κ1) is 12.6. The summed E-state index contributed by atoms with van der Waals surface area (Å²) in [6.45, 7) is 0.163. The van der Waals surface area contributed by atoms with Crippen molar-refractivity contribution in [2.24, 2.45) is 5.14 Å². The van der Waals surface area contributed by atoms with Gasteiger partial charge in [-0.1, -0.05) is 12.1 Å². The maximum absolute atomic E-state index is 13.3. The van der Waals surface area contributed by atoms with Crippen molar-refractivity contribution in [1.82, 2.24) is 0 Å². The maximum atomic E-state index is 13.3. The first-order valence-corrected chi connectivity index (χ1v) is 6.61. The van der Waals surface area contributed by atoms with Crippen molar-refractivity contribution in [3.63, 3.8) is 0 Å². The number of furan rings is 1. The number of hydrogen-bond acceptors (Lipinski definition) is 4. The molecule has 2 aromatic rings. The minimum Gasteiger partial charge on any atom is -0.446 e. The molecule has 0 fully saturated rings. The van der Waals surface area contributed by atoms with E-state index in [4.69, 9.17) is 9.56 Å². The number of halogens is 1. The van der Waals surface area contributed by atoms with Crippen LogP contribution < -0.4 is 10.5 Å². The lowest BCUT2D eigenvalue weighted by atomic mass is 10.3. The van der Waals surface area contributed by atoms with E-state index in [0.29, 0.717) is 11.4 Å². The van der Waals surface area contributed by atoms with Crippen molar-refractivity contribution in [2.75, 3.05) is 5.32 Å². The van der Waals surface area contributed by atoms with E-state index in [1.54, 1.807) is 18.2 Å². The van der Waals surface area contributed by atoms with Crippen LogP contribution >= 0.6 is 0 Å². The van der Waals surface area contributed by atoms with Crippen LogP contribution in [0.3, 0.4) is 0 Å². The molecule has 0 aliphatic heterocycles. The molecule has 0 amide bonds. The predicted molar refractivity (Wildman–Crippen MR) is 63.8 cm³/mol. The quantitative estimate of drug-likeness (QED) is 0.885. The number of hydrogen-bond donors (Lipinski definition) is 2. The van der Waals surface area contributed by atoms with Crippen LogP contribution in [0.15, 0.2) is 45.9 Å². The van der Waals surface area contributed by atoms with Crippen LogP contribution in [0, 0.1) is 5.82 Å². The summed E-state index contributed by atoms with van der Waals surface area (Å²) in [4.78, 5) is 0. The smallest absolute Gasteiger partial charge is 0.271 e. The van der Waals surface area contributed by atoms with Crippen LogP contribution in [0.5, 0.6) is 0 Å². The van der Waals surface area contributed by atoms with Crippen LogP contribution in [0.1, 0.15) is 5.76 Å². The molecule has 0 atom stereocenters. The fraction of sp³-hybridized carbons (Fsp3) is 0.0909. The van der Waals surface area contributed by atoms with E-state index >= 15 is 0 Å². The molecule has 0 radical (unpaired) electrons. The average molecular weight is 270 g/mol. The molecule has 1 aromatic heterocycles. The highest BCUT2D eigenvalue weighted by atomic mass is 32.2. The molecule has 0 unspecified atom stereocenters. The number of anilines is 1. The summed E-state index contributed by atoms with van der Waals surface area (Å²) in [7, 11) is -3.84. The average Bonchev–Trinajstić information content (AvgIpc) is 2.76. The molecule has 2 rings (SSSR count). The summed E-state index contributed by atoms with van der Waals surface area (Å²) in [5.41, 5.74) is 0.311. The van der Waals surface area contributed by atoms with Gasteiger partial charge in [-0.2, -0.15) is 0 Å². The van der Waals surface area contributed by atoms with Gasteiger partial charge in [0.05, 0.1) is 12.2 Å². The Balaban J connectivity index is 2.08. The zero-order valence-corrected chi connectivity index (χ0v) is 10.1. The Hall–Kier alpha value is -1.86. The lowest BCUT2D eigenvalue weighted by Crippen LogP contribution is -2.10. The Morgan fingerprint density at radius 1 is 1.22 bits per heavy atom. The number of rotatable bonds is 4. The van der Waals surface area contributed by atoms with E-state index in [0.717, 1.165) is 0 Å². The standard InChI is InChI=1S/C11H11FN2O3S/c12-9-3-1-2-4-10(9)14-7-8-5-6-11(17-8)18(13,15)16/h1-6,14H,7H2,(H2,13,15,16). The molecule has 96 valence electrons. The van der Waals surface area contributed by atoms with Crippen molar-refractivity contribution in [1.29, 1.82) is 0 Å². The molecule has 0 saturated heterocycles. The van der Waals surface area contributed by atoms with Gasteiger partial charge in [0.15, 0.2) is 0 Å². The lowest BCUT2D eigenvalue weighted by Gasteiger charge is -2.04. The molecule has 5 nitrogen and oxygen atoms in total. The third-order valence-electron chi connectivity index (χ3n) is 2.24. The molecule has 0 aliphatic carbocycles. The van der Waals surface area contributed by atoms with Crippen molar-refractivity contribution in [3.8, 4) is 0 Å². The van der Waals surface area contributed by atoms with Gasteiger partial charge in [0.25, 0.3) is 10.0 Å². The zero-order chi connectivity index (χ0) is 13.2. The first-order chi connectivity index (χ1) is 8.47. The van der Waals surface area contributed by atoms with Crippen molar-refractivity contribution < 1.29 is 17.2 Å². The molecule has 0 bridgehead atoms. The van der Waals surface area contributed by atoms with Gasteiger partial charge >= 0.3 is 0 Å². The van der Waals surface area contributed by atoms with Crippen LogP contribution in [-0.2, 0) is 16.6 Å². The van der Waals surface area contributed by atoms with Crippen LogP contribution in [0.2, 0.25) is 0 Å². The molecule has 0 saturated carbocycles. The van der Waals surface area contributed by atoms with E-state index in [-0.39, 0.29) is 11.6 Å². The second-order valence-electron chi connectivity index (χ2n) is 3.60. The number of sulfonamides is 1. The third kappa shape index (κ3) is 2.88. The molecule has 1 heterocycles. The van der Waals surface area contributed by atoms with Gasteiger partial charge in [-0.3, -0.25) is 0 Å². The summed E-state index contributed by atoms with van der Waals surface area (Å²) in [6.07, 6.45) is 0. The van der Waals surface area contributed by atoms with Crippen LogP contribution in [0.4, 0.5) is 10.1 Å². The SMILES string of the molecule is NS(=O)(=O)c1ccc(CNc2ccccc2F)o1. The van der Waals surface area contributed by atoms with Crippen molar-refractivity contribution in [2.45, 2.75) is 11.6 Å². The highest BCUT2D eigenvalue weighted by Crippen LogP contribution is 2.16. The monoisotopic (exact) mass is 270 g/mol. The minimum absolute atomic E-state index is 0.163. The highest BCUT2D eigenvalue weighted by molar-refractivity contribution is 7.89. The topological polar surface area (TPSA) is 85.3 Å². The van der Waals surface area contributed by atoms with Crippen molar-refractivity contribution >= 4 is 15.7 Å². The number of para-hydroxylation sites is 1. The fourth-order valence-corrected chi connectivity index (χ4v) is 1.87.